The number of ether oxygens (including phenoxy) is 3. The van der Waals surface area contributed by atoms with Crippen molar-refractivity contribution in [2.45, 2.75) is 303 Å². The summed E-state index contributed by atoms with van der Waals surface area (Å²) in [6, 6.07) is 0. The number of rotatable bonds is 49. The highest BCUT2D eigenvalue weighted by atomic mass is 16.6. The average molecular weight is 847 g/mol. The number of esters is 3. The largest absolute Gasteiger partial charge is 0.462 e. The maximum absolute atomic E-state index is 12.8. The maximum atomic E-state index is 12.8. The van der Waals surface area contributed by atoms with Gasteiger partial charge in [0.25, 0.3) is 0 Å². The van der Waals surface area contributed by atoms with Crippen molar-refractivity contribution in [3.8, 4) is 0 Å². The van der Waals surface area contributed by atoms with E-state index in [1.165, 1.54) is 199 Å². The minimum atomic E-state index is -0.764. The van der Waals surface area contributed by atoms with E-state index in [9.17, 15) is 14.4 Å². The van der Waals surface area contributed by atoms with E-state index in [4.69, 9.17) is 14.2 Å². The first-order chi connectivity index (χ1) is 29.5. The molecule has 0 radical (unpaired) electrons. The summed E-state index contributed by atoms with van der Waals surface area (Å²) >= 11 is 0. The number of carbonyl (C=O) groups is 3. The van der Waals surface area contributed by atoms with Gasteiger partial charge in [-0.05, 0) is 44.9 Å². The number of hydrogen-bond acceptors (Lipinski definition) is 6. The lowest BCUT2D eigenvalue weighted by atomic mass is 10.0. The Labute approximate surface area is 373 Å². The van der Waals surface area contributed by atoms with Crippen molar-refractivity contribution in [3.05, 3.63) is 12.2 Å². The second-order valence-corrected chi connectivity index (χ2v) is 18.2. The molecule has 1 atom stereocenters. The molecule has 0 N–H and O–H groups in total. The highest BCUT2D eigenvalue weighted by molar-refractivity contribution is 5.71. The Balaban J connectivity index is 4.26. The molecule has 0 bridgehead atoms. The van der Waals surface area contributed by atoms with E-state index < -0.39 is 6.10 Å². The van der Waals surface area contributed by atoms with Crippen LogP contribution in [0.25, 0.3) is 0 Å². The summed E-state index contributed by atoms with van der Waals surface area (Å²) in [5.74, 6) is -0.855. The van der Waals surface area contributed by atoms with Gasteiger partial charge < -0.3 is 14.2 Å². The van der Waals surface area contributed by atoms with Gasteiger partial charge in [-0.1, -0.05) is 245 Å². The van der Waals surface area contributed by atoms with Crippen LogP contribution in [-0.2, 0) is 28.6 Å². The fourth-order valence-corrected chi connectivity index (χ4v) is 7.97. The van der Waals surface area contributed by atoms with Gasteiger partial charge >= 0.3 is 17.9 Å². The van der Waals surface area contributed by atoms with Crippen LogP contribution in [0.4, 0.5) is 0 Å². The smallest absolute Gasteiger partial charge is 0.306 e. The summed E-state index contributed by atoms with van der Waals surface area (Å²) in [4.78, 5) is 37.9. The third-order valence-electron chi connectivity index (χ3n) is 12.0. The molecule has 6 nitrogen and oxygen atoms in total. The van der Waals surface area contributed by atoms with Gasteiger partial charge in [-0.2, -0.15) is 0 Å². The van der Waals surface area contributed by atoms with Crippen LogP contribution in [0.2, 0.25) is 0 Å². The molecule has 0 fully saturated rings. The Hall–Kier alpha value is -1.85. The van der Waals surface area contributed by atoms with Crippen molar-refractivity contribution in [1.29, 1.82) is 0 Å². The van der Waals surface area contributed by atoms with Crippen molar-refractivity contribution >= 4 is 17.9 Å². The molecule has 1 unspecified atom stereocenters. The maximum Gasteiger partial charge on any atom is 0.306 e. The Morgan fingerprint density at radius 3 is 0.833 bits per heavy atom. The number of carbonyl (C=O) groups excluding carboxylic acids is 3. The zero-order valence-corrected chi connectivity index (χ0v) is 40.5. The number of hydrogen-bond donors (Lipinski definition) is 0. The third kappa shape index (κ3) is 47.2. The highest BCUT2D eigenvalue weighted by Gasteiger charge is 2.19. The molecule has 0 saturated heterocycles. The minimum absolute atomic E-state index is 0.0662. The Kier molecular flexibility index (Phi) is 48.3. The quantitative estimate of drug-likeness (QED) is 0.0263. The lowest BCUT2D eigenvalue weighted by molar-refractivity contribution is -0.167. The Bertz CT molecular complexity index is 931. The first-order valence-electron chi connectivity index (χ1n) is 26.7. The van der Waals surface area contributed by atoms with Crippen LogP contribution in [0.3, 0.4) is 0 Å². The predicted octanol–water partition coefficient (Wildman–Crippen LogP) is 17.4. The van der Waals surface area contributed by atoms with Crippen LogP contribution in [0.1, 0.15) is 297 Å². The first-order valence-corrected chi connectivity index (χ1v) is 26.7. The standard InChI is InChI=1S/C54H102O6/c1-4-7-10-13-16-19-22-24-25-26-27-28-29-31-32-35-38-41-44-47-53(56)59-50-51(49-58-52(55)46-43-40-37-34-21-18-15-12-9-6-3)60-54(57)48-45-42-39-36-33-30-23-20-17-14-11-8-5-2/h26-27,51H,4-25,28-50H2,1-3H3/b27-26-. The molecule has 6 heteroatoms. The van der Waals surface area contributed by atoms with E-state index in [2.05, 4.69) is 32.9 Å². The Morgan fingerprint density at radius 1 is 0.317 bits per heavy atom. The van der Waals surface area contributed by atoms with Gasteiger partial charge in [-0.25, -0.2) is 0 Å². The molecule has 0 aromatic heterocycles. The fraction of sp³-hybridized carbons (Fsp3) is 0.907. The topological polar surface area (TPSA) is 78.9 Å². The summed E-state index contributed by atoms with van der Waals surface area (Å²) in [6.07, 6.45) is 54.8. The van der Waals surface area contributed by atoms with Gasteiger partial charge in [0.05, 0.1) is 0 Å². The predicted molar refractivity (Wildman–Crippen MR) is 256 cm³/mol. The van der Waals surface area contributed by atoms with Crippen LogP contribution in [-0.4, -0.2) is 37.2 Å². The molecule has 0 spiro atoms. The molecule has 0 aromatic rings. The molecule has 0 aliphatic rings. The number of allylic oxidation sites excluding steroid dienone is 2. The monoisotopic (exact) mass is 847 g/mol. The summed E-state index contributed by atoms with van der Waals surface area (Å²) in [6.45, 7) is 6.66. The van der Waals surface area contributed by atoms with Crippen LogP contribution in [0.5, 0.6) is 0 Å². The van der Waals surface area contributed by atoms with Crippen molar-refractivity contribution < 1.29 is 28.6 Å². The van der Waals surface area contributed by atoms with E-state index in [0.717, 1.165) is 57.8 Å². The molecule has 0 aliphatic heterocycles. The van der Waals surface area contributed by atoms with E-state index >= 15 is 0 Å². The molecule has 354 valence electrons. The average Bonchev–Trinajstić information content (AvgIpc) is 3.24. The van der Waals surface area contributed by atoms with Gasteiger partial charge in [0.15, 0.2) is 6.10 Å². The van der Waals surface area contributed by atoms with E-state index in [1.807, 2.05) is 0 Å². The molecular weight excluding hydrogens is 745 g/mol. The molecule has 60 heavy (non-hydrogen) atoms. The van der Waals surface area contributed by atoms with E-state index in [0.29, 0.717) is 19.3 Å². The fourth-order valence-electron chi connectivity index (χ4n) is 7.97. The van der Waals surface area contributed by atoms with Gasteiger partial charge in [0.2, 0.25) is 0 Å². The third-order valence-corrected chi connectivity index (χ3v) is 12.0. The Morgan fingerprint density at radius 2 is 0.550 bits per heavy atom. The molecule has 0 aromatic carbocycles. The van der Waals surface area contributed by atoms with Crippen molar-refractivity contribution in [2.24, 2.45) is 0 Å². The number of unbranched alkanes of at least 4 members (excludes halogenated alkanes) is 36. The van der Waals surface area contributed by atoms with E-state index in [1.54, 1.807) is 0 Å². The summed E-state index contributed by atoms with van der Waals surface area (Å²) in [5, 5.41) is 0. The molecule has 0 amide bonds. The van der Waals surface area contributed by atoms with Gasteiger partial charge in [0, 0.05) is 19.3 Å². The summed E-state index contributed by atoms with van der Waals surface area (Å²) in [5.41, 5.74) is 0. The van der Waals surface area contributed by atoms with Crippen LogP contribution >= 0.6 is 0 Å². The summed E-state index contributed by atoms with van der Waals surface area (Å²) in [7, 11) is 0. The second kappa shape index (κ2) is 49.8. The zero-order valence-electron chi connectivity index (χ0n) is 40.5. The summed E-state index contributed by atoms with van der Waals surface area (Å²) < 4.78 is 16.8. The van der Waals surface area contributed by atoms with Crippen molar-refractivity contribution in [1.82, 2.24) is 0 Å². The second-order valence-electron chi connectivity index (χ2n) is 18.2. The zero-order chi connectivity index (χ0) is 43.7. The molecule has 0 rings (SSSR count). The highest BCUT2D eigenvalue weighted by Crippen LogP contribution is 2.16. The molecule has 0 heterocycles. The van der Waals surface area contributed by atoms with Gasteiger partial charge in [0.1, 0.15) is 13.2 Å². The van der Waals surface area contributed by atoms with Gasteiger partial charge in [-0.3, -0.25) is 14.4 Å². The van der Waals surface area contributed by atoms with Crippen molar-refractivity contribution in [2.75, 3.05) is 13.2 Å². The van der Waals surface area contributed by atoms with E-state index in [-0.39, 0.29) is 31.1 Å². The van der Waals surface area contributed by atoms with Crippen LogP contribution in [0, 0.1) is 0 Å². The lowest BCUT2D eigenvalue weighted by Gasteiger charge is -2.18. The van der Waals surface area contributed by atoms with Crippen LogP contribution < -0.4 is 0 Å². The normalized spacial score (nSPS) is 12.0. The van der Waals surface area contributed by atoms with Crippen molar-refractivity contribution in [3.63, 3.8) is 0 Å². The molecule has 0 aliphatic carbocycles. The van der Waals surface area contributed by atoms with Gasteiger partial charge in [-0.15, -0.1) is 0 Å². The minimum Gasteiger partial charge on any atom is -0.462 e. The first kappa shape index (κ1) is 58.1. The van der Waals surface area contributed by atoms with Crippen LogP contribution in [0.15, 0.2) is 12.2 Å². The molecule has 0 saturated carbocycles. The molecular formula is C54H102O6. The lowest BCUT2D eigenvalue weighted by Crippen LogP contribution is -2.30. The SMILES string of the molecule is CCCCCCCCCC/C=C\CCCCCCCCCC(=O)OCC(COC(=O)CCCCCCCCCCCC)OC(=O)CCCCCCCCCCCCCCC.